The smallest absolute Gasteiger partial charge is 0.0503 e. The van der Waals surface area contributed by atoms with Gasteiger partial charge < -0.3 is 0 Å². The highest BCUT2D eigenvalue weighted by Gasteiger charge is 2.34. The second-order valence-electron chi connectivity index (χ2n) is 3.31. The Morgan fingerprint density at radius 2 is 2.20 bits per heavy atom. The van der Waals surface area contributed by atoms with E-state index in [2.05, 4.69) is 13.8 Å². The molecule has 0 aromatic carbocycles. The van der Waals surface area contributed by atoms with Crippen molar-refractivity contribution in [3.63, 3.8) is 0 Å². The van der Waals surface area contributed by atoms with Crippen LogP contribution < -0.4 is 0 Å². The van der Waals surface area contributed by atoms with Gasteiger partial charge in [-0.25, -0.2) is 0 Å². The zero-order valence-electron chi connectivity index (χ0n) is 6.91. The summed E-state index contributed by atoms with van der Waals surface area (Å²) >= 11 is 6.37. The maximum Gasteiger partial charge on any atom is 0.0503 e. The number of hydrogen-bond acceptors (Lipinski definition) is 0. The third-order valence-corrected chi connectivity index (χ3v) is 3.48. The van der Waals surface area contributed by atoms with E-state index in [0.29, 0.717) is 0 Å². The van der Waals surface area contributed by atoms with E-state index in [4.69, 9.17) is 11.6 Å². The van der Waals surface area contributed by atoms with Gasteiger partial charge >= 0.3 is 0 Å². The molecular weight excluding hydrogens is 144 g/mol. The second-order valence-corrected chi connectivity index (χ2v) is 4.03. The quantitative estimate of drug-likeness (QED) is 0.514. The minimum Gasteiger partial charge on any atom is -0.119 e. The predicted octanol–water partition coefficient (Wildman–Crippen LogP) is 3.54. The van der Waals surface area contributed by atoms with Gasteiger partial charge in [-0.05, 0) is 25.2 Å². The lowest BCUT2D eigenvalue weighted by atomic mass is 9.78. The van der Waals surface area contributed by atoms with Crippen LogP contribution in [-0.2, 0) is 0 Å². The Labute approximate surface area is 69.0 Å². The van der Waals surface area contributed by atoms with E-state index in [1.165, 1.54) is 31.6 Å². The minimum absolute atomic E-state index is 0.0677. The fourth-order valence-electron chi connectivity index (χ4n) is 1.71. The van der Waals surface area contributed by atoms with Gasteiger partial charge in [-0.2, -0.15) is 0 Å². The van der Waals surface area contributed by atoms with Crippen LogP contribution in [0.4, 0.5) is 0 Å². The zero-order valence-corrected chi connectivity index (χ0v) is 7.67. The van der Waals surface area contributed by atoms with Crippen LogP contribution in [0.3, 0.4) is 0 Å². The molecule has 0 amide bonds. The summed E-state index contributed by atoms with van der Waals surface area (Å²) in [5.74, 6) is 1.50. The number of halogens is 1. The third-order valence-electron chi connectivity index (χ3n) is 2.70. The zero-order chi connectivity index (χ0) is 7.61. The van der Waals surface area contributed by atoms with Crippen molar-refractivity contribution >= 4 is 11.6 Å². The lowest BCUT2D eigenvalue weighted by molar-refractivity contribution is 0.416. The van der Waals surface area contributed by atoms with Crippen molar-refractivity contribution in [2.24, 2.45) is 0 Å². The molecule has 1 saturated carbocycles. The molecule has 0 saturated heterocycles. The first-order valence-corrected chi connectivity index (χ1v) is 4.58. The molecule has 0 aromatic heterocycles. The monoisotopic (exact) mass is 159 g/mol. The van der Waals surface area contributed by atoms with Crippen molar-refractivity contribution in [3.05, 3.63) is 5.92 Å². The van der Waals surface area contributed by atoms with E-state index in [9.17, 15) is 0 Å². The van der Waals surface area contributed by atoms with Crippen LogP contribution in [0.5, 0.6) is 0 Å². The summed E-state index contributed by atoms with van der Waals surface area (Å²) in [7, 11) is 0. The Bertz CT molecular complexity index is 111. The van der Waals surface area contributed by atoms with Gasteiger partial charge in [0.25, 0.3) is 0 Å². The minimum atomic E-state index is 0.0677. The van der Waals surface area contributed by atoms with Gasteiger partial charge in [-0.1, -0.05) is 26.7 Å². The molecule has 0 nitrogen and oxygen atoms in total. The van der Waals surface area contributed by atoms with Crippen LogP contribution in [-0.4, -0.2) is 4.87 Å². The first-order chi connectivity index (χ1) is 4.69. The van der Waals surface area contributed by atoms with Crippen LogP contribution in [0.2, 0.25) is 0 Å². The maximum atomic E-state index is 6.37. The lowest BCUT2D eigenvalue weighted by Gasteiger charge is -2.35. The summed E-state index contributed by atoms with van der Waals surface area (Å²) in [6, 6.07) is 0. The number of alkyl halides is 1. The predicted molar refractivity (Wildman–Crippen MR) is 46.3 cm³/mol. The molecule has 10 heavy (non-hydrogen) atoms. The first kappa shape index (κ1) is 8.39. The Morgan fingerprint density at radius 3 is 2.60 bits per heavy atom. The third kappa shape index (κ3) is 1.47. The number of rotatable bonds is 1. The Hall–Kier alpha value is 0.290. The molecule has 1 rings (SSSR count). The molecule has 0 aromatic rings. The summed E-state index contributed by atoms with van der Waals surface area (Å²) in [5.41, 5.74) is 0. The maximum absolute atomic E-state index is 6.37. The molecule has 0 heterocycles. The molecule has 59 valence electrons. The van der Waals surface area contributed by atoms with E-state index < -0.39 is 0 Å². The molecule has 0 aliphatic heterocycles. The lowest BCUT2D eigenvalue weighted by Crippen LogP contribution is -2.30. The average Bonchev–Trinajstić information content (AvgIpc) is 1.96. The van der Waals surface area contributed by atoms with Crippen molar-refractivity contribution in [1.29, 1.82) is 0 Å². The Balaban J connectivity index is 2.54. The molecule has 1 radical (unpaired) electrons. The van der Waals surface area contributed by atoms with E-state index in [-0.39, 0.29) is 4.87 Å². The van der Waals surface area contributed by atoms with Crippen molar-refractivity contribution < 1.29 is 0 Å². The van der Waals surface area contributed by atoms with E-state index in [1.807, 2.05) is 0 Å². The van der Waals surface area contributed by atoms with E-state index >= 15 is 0 Å². The molecule has 1 aliphatic carbocycles. The highest BCUT2D eigenvalue weighted by atomic mass is 35.5. The topological polar surface area (TPSA) is 0 Å². The molecular formula is C9H16Cl. The summed E-state index contributed by atoms with van der Waals surface area (Å²) in [6.45, 7) is 4.39. The van der Waals surface area contributed by atoms with Gasteiger partial charge in [-0.15, -0.1) is 11.6 Å². The van der Waals surface area contributed by atoms with Crippen LogP contribution in [0.1, 0.15) is 46.0 Å². The highest BCUT2D eigenvalue weighted by Crippen LogP contribution is 2.42. The molecule has 1 heteroatoms. The van der Waals surface area contributed by atoms with Crippen molar-refractivity contribution in [2.45, 2.75) is 50.8 Å². The van der Waals surface area contributed by atoms with Crippen molar-refractivity contribution in [2.75, 3.05) is 0 Å². The molecule has 1 atom stereocenters. The summed E-state index contributed by atoms with van der Waals surface area (Å²) in [4.78, 5) is 0.0677. The van der Waals surface area contributed by atoms with Crippen LogP contribution >= 0.6 is 11.6 Å². The van der Waals surface area contributed by atoms with Gasteiger partial charge in [0.15, 0.2) is 0 Å². The Morgan fingerprint density at radius 1 is 1.50 bits per heavy atom. The standard InChI is InChI=1S/C9H16Cl/c1-3-9(10)7-5-4-6-8(9)2/h3-7H2,1-2H3. The van der Waals surface area contributed by atoms with E-state index in [0.717, 1.165) is 6.42 Å². The van der Waals surface area contributed by atoms with E-state index in [1.54, 1.807) is 0 Å². The first-order valence-electron chi connectivity index (χ1n) is 4.21. The fourth-order valence-corrected chi connectivity index (χ4v) is 1.94. The molecule has 0 N–H and O–H groups in total. The molecule has 0 bridgehead atoms. The molecule has 1 aliphatic rings. The van der Waals surface area contributed by atoms with Crippen molar-refractivity contribution in [3.8, 4) is 0 Å². The summed E-state index contributed by atoms with van der Waals surface area (Å²) in [5, 5.41) is 0. The molecule has 1 unspecified atom stereocenters. The number of hydrogen-bond donors (Lipinski definition) is 0. The van der Waals surface area contributed by atoms with Crippen LogP contribution in [0.15, 0.2) is 0 Å². The fraction of sp³-hybridized carbons (Fsp3) is 0.889. The van der Waals surface area contributed by atoms with Crippen LogP contribution in [0, 0.1) is 5.92 Å². The second kappa shape index (κ2) is 3.13. The molecule has 0 spiro atoms. The van der Waals surface area contributed by atoms with Gasteiger partial charge in [0, 0.05) is 0 Å². The largest absolute Gasteiger partial charge is 0.119 e. The van der Waals surface area contributed by atoms with Gasteiger partial charge in [0.05, 0.1) is 4.87 Å². The van der Waals surface area contributed by atoms with Gasteiger partial charge in [-0.3, -0.25) is 0 Å². The Kier molecular flexibility index (Phi) is 2.62. The summed E-state index contributed by atoms with van der Waals surface area (Å²) < 4.78 is 0. The molecule has 1 fully saturated rings. The highest BCUT2D eigenvalue weighted by molar-refractivity contribution is 6.25. The summed E-state index contributed by atoms with van der Waals surface area (Å²) in [6.07, 6.45) is 6.20. The van der Waals surface area contributed by atoms with Crippen LogP contribution in [0.25, 0.3) is 0 Å². The van der Waals surface area contributed by atoms with Crippen molar-refractivity contribution in [1.82, 2.24) is 0 Å². The van der Waals surface area contributed by atoms with Gasteiger partial charge in [0.1, 0.15) is 0 Å². The van der Waals surface area contributed by atoms with Gasteiger partial charge in [0.2, 0.25) is 0 Å². The average molecular weight is 160 g/mol. The normalized spacial score (nSPS) is 36.3. The SMILES string of the molecule is CCC1(Cl)CCCC[C]1C.